The second-order valence-corrected chi connectivity index (χ2v) is 6.82. The molecule has 1 N–H and O–H groups in total. The second-order valence-electron chi connectivity index (χ2n) is 6.82. The molecule has 1 aliphatic rings. The third kappa shape index (κ3) is 3.33. The van der Waals surface area contributed by atoms with Gasteiger partial charge in [-0.2, -0.15) is 0 Å². The molecule has 1 amide bonds. The van der Waals surface area contributed by atoms with Crippen LogP contribution in [-0.4, -0.2) is 18.2 Å². The molecule has 1 unspecified atom stereocenters. The molecule has 2 aromatic carbocycles. The van der Waals surface area contributed by atoms with E-state index in [-0.39, 0.29) is 11.9 Å². The smallest absolute Gasteiger partial charge is 0.257 e. The molecule has 4 rings (SSSR count). The van der Waals surface area contributed by atoms with Crippen molar-refractivity contribution in [3.63, 3.8) is 0 Å². The predicted molar refractivity (Wildman–Crippen MR) is 103 cm³/mol. The highest BCUT2D eigenvalue weighted by Gasteiger charge is 2.26. The van der Waals surface area contributed by atoms with Crippen molar-refractivity contribution in [3.8, 4) is 17.1 Å². The van der Waals surface area contributed by atoms with Gasteiger partial charge in [-0.05, 0) is 61.6 Å². The first-order valence-corrected chi connectivity index (χ1v) is 9.16. The molecule has 0 radical (unpaired) electrons. The Balaban J connectivity index is 1.62. The van der Waals surface area contributed by atoms with Crippen molar-refractivity contribution in [3.05, 3.63) is 70.9 Å². The van der Waals surface area contributed by atoms with E-state index in [4.69, 9.17) is 9.26 Å². The second kappa shape index (κ2) is 7.27. The molecule has 0 saturated heterocycles. The van der Waals surface area contributed by atoms with E-state index in [1.165, 1.54) is 11.1 Å². The van der Waals surface area contributed by atoms with Gasteiger partial charge < -0.3 is 14.6 Å². The Morgan fingerprint density at radius 3 is 2.74 bits per heavy atom. The summed E-state index contributed by atoms with van der Waals surface area (Å²) in [6.45, 7) is 1.79. The van der Waals surface area contributed by atoms with Gasteiger partial charge in [0.25, 0.3) is 5.91 Å². The van der Waals surface area contributed by atoms with Gasteiger partial charge in [0, 0.05) is 5.56 Å². The number of ether oxygens (including phenoxy) is 1. The normalized spacial score (nSPS) is 15.9. The van der Waals surface area contributed by atoms with E-state index >= 15 is 0 Å². The first kappa shape index (κ1) is 17.3. The number of carbonyl (C=O) groups excluding carboxylic acids is 1. The van der Waals surface area contributed by atoms with Crippen LogP contribution >= 0.6 is 0 Å². The highest BCUT2D eigenvalue weighted by Crippen LogP contribution is 2.32. The number of aromatic nitrogens is 1. The SMILES string of the molecule is COc1ccc(-c2onc(C)c2C(=O)NC2CCCc3ccccc32)cc1. The first-order chi connectivity index (χ1) is 13.2. The monoisotopic (exact) mass is 362 g/mol. The first-order valence-electron chi connectivity index (χ1n) is 9.16. The quantitative estimate of drug-likeness (QED) is 0.744. The molecule has 0 fully saturated rings. The molecule has 0 saturated carbocycles. The number of fused-ring (bicyclic) bond motifs is 1. The molecular weight excluding hydrogens is 340 g/mol. The maximum atomic E-state index is 13.1. The number of nitrogens with zero attached hydrogens (tertiary/aromatic N) is 1. The summed E-state index contributed by atoms with van der Waals surface area (Å²) < 4.78 is 10.7. The topological polar surface area (TPSA) is 64.4 Å². The van der Waals surface area contributed by atoms with Gasteiger partial charge in [0.1, 0.15) is 11.3 Å². The van der Waals surface area contributed by atoms with Gasteiger partial charge in [0.2, 0.25) is 0 Å². The predicted octanol–water partition coefficient (Wildman–Crippen LogP) is 4.47. The van der Waals surface area contributed by atoms with Crippen molar-refractivity contribution in [1.29, 1.82) is 0 Å². The van der Waals surface area contributed by atoms with E-state index in [9.17, 15) is 4.79 Å². The average Bonchev–Trinajstić information content (AvgIpc) is 3.10. The van der Waals surface area contributed by atoms with Crippen LogP contribution in [0.2, 0.25) is 0 Å². The molecule has 138 valence electrons. The Morgan fingerprint density at radius 2 is 1.96 bits per heavy atom. The molecule has 27 heavy (non-hydrogen) atoms. The van der Waals surface area contributed by atoms with E-state index in [0.717, 1.165) is 30.6 Å². The Morgan fingerprint density at radius 1 is 1.19 bits per heavy atom. The van der Waals surface area contributed by atoms with Crippen LogP contribution in [-0.2, 0) is 6.42 Å². The van der Waals surface area contributed by atoms with Crippen molar-refractivity contribution in [2.45, 2.75) is 32.2 Å². The number of amides is 1. The van der Waals surface area contributed by atoms with E-state index < -0.39 is 0 Å². The van der Waals surface area contributed by atoms with Crippen molar-refractivity contribution in [2.24, 2.45) is 0 Å². The standard InChI is InChI=1S/C22H22N2O3/c1-14-20(21(27-24-14)16-10-12-17(26-2)13-11-16)22(25)23-19-9-5-7-15-6-3-4-8-18(15)19/h3-4,6,8,10-13,19H,5,7,9H2,1-2H3,(H,23,25). The van der Waals surface area contributed by atoms with E-state index in [2.05, 4.69) is 28.7 Å². The summed E-state index contributed by atoms with van der Waals surface area (Å²) in [5, 5.41) is 7.21. The average molecular weight is 362 g/mol. The summed E-state index contributed by atoms with van der Waals surface area (Å²) in [6.07, 6.45) is 3.06. The third-order valence-electron chi connectivity index (χ3n) is 5.12. The van der Waals surface area contributed by atoms with E-state index in [0.29, 0.717) is 17.0 Å². The lowest BCUT2D eigenvalue weighted by molar-refractivity contribution is 0.0932. The minimum Gasteiger partial charge on any atom is -0.497 e. The van der Waals surface area contributed by atoms with Crippen molar-refractivity contribution < 1.29 is 14.1 Å². The highest BCUT2D eigenvalue weighted by molar-refractivity contribution is 6.00. The van der Waals surface area contributed by atoms with Crippen LogP contribution < -0.4 is 10.1 Å². The lowest BCUT2D eigenvalue weighted by atomic mass is 9.87. The summed E-state index contributed by atoms with van der Waals surface area (Å²) in [7, 11) is 1.62. The number of methoxy groups -OCH3 is 1. The molecule has 0 bridgehead atoms. The van der Waals surface area contributed by atoms with Gasteiger partial charge in [-0.25, -0.2) is 0 Å². The maximum Gasteiger partial charge on any atom is 0.257 e. The van der Waals surface area contributed by atoms with Crippen molar-refractivity contribution >= 4 is 5.91 Å². The van der Waals surface area contributed by atoms with Gasteiger partial charge in [-0.1, -0.05) is 29.4 Å². The van der Waals surface area contributed by atoms with E-state index in [1.807, 2.05) is 30.3 Å². The molecule has 1 aliphatic carbocycles. The molecule has 3 aromatic rings. The Kier molecular flexibility index (Phi) is 4.67. The number of carbonyl (C=O) groups is 1. The van der Waals surface area contributed by atoms with Crippen LogP contribution in [0.15, 0.2) is 53.1 Å². The van der Waals surface area contributed by atoms with Gasteiger partial charge in [-0.3, -0.25) is 4.79 Å². The Labute approximate surface area is 158 Å². The van der Waals surface area contributed by atoms with Gasteiger partial charge in [-0.15, -0.1) is 0 Å². The molecule has 1 heterocycles. The maximum absolute atomic E-state index is 13.1. The fraction of sp³-hybridized carbons (Fsp3) is 0.273. The zero-order valence-electron chi connectivity index (χ0n) is 15.5. The number of nitrogens with one attached hydrogen (secondary N) is 1. The van der Waals surface area contributed by atoms with Gasteiger partial charge in [0.05, 0.1) is 18.8 Å². The van der Waals surface area contributed by atoms with Gasteiger partial charge >= 0.3 is 0 Å². The van der Waals surface area contributed by atoms with Crippen LogP contribution in [0.5, 0.6) is 5.75 Å². The number of rotatable bonds is 4. The fourth-order valence-electron chi connectivity index (χ4n) is 3.71. The number of hydrogen-bond acceptors (Lipinski definition) is 4. The third-order valence-corrected chi connectivity index (χ3v) is 5.12. The van der Waals surface area contributed by atoms with Crippen LogP contribution in [0.4, 0.5) is 0 Å². The Hall–Kier alpha value is -3.08. The van der Waals surface area contributed by atoms with E-state index in [1.54, 1.807) is 14.0 Å². The zero-order valence-corrected chi connectivity index (χ0v) is 15.5. The molecule has 1 atom stereocenters. The Bertz CT molecular complexity index is 960. The minimum absolute atomic E-state index is 0.0143. The zero-order chi connectivity index (χ0) is 18.8. The van der Waals surface area contributed by atoms with Crippen LogP contribution in [0.1, 0.15) is 46.1 Å². The minimum atomic E-state index is -0.152. The summed E-state index contributed by atoms with van der Waals surface area (Å²) in [6, 6.07) is 15.7. The van der Waals surface area contributed by atoms with Crippen molar-refractivity contribution in [2.75, 3.05) is 7.11 Å². The molecule has 1 aromatic heterocycles. The van der Waals surface area contributed by atoms with Crippen LogP contribution in [0.25, 0.3) is 11.3 Å². The number of aryl methyl sites for hydroxylation is 2. The summed E-state index contributed by atoms with van der Waals surface area (Å²) in [5.41, 5.74) is 4.39. The van der Waals surface area contributed by atoms with Crippen LogP contribution in [0.3, 0.4) is 0 Å². The molecule has 0 aliphatic heterocycles. The number of hydrogen-bond donors (Lipinski definition) is 1. The van der Waals surface area contributed by atoms with Crippen LogP contribution in [0, 0.1) is 6.92 Å². The highest BCUT2D eigenvalue weighted by atomic mass is 16.5. The molecule has 5 nitrogen and oxygen atoms in total. The molecule has 0 spiro atoms. The van der Waals surface area contributed by atoms with Crippen molar-refractivity contribution in [1.82, 2.24) is 10.5 Å². The lowest BCUT2D eigenvalue weighted by Gasteiger charge is -2.26. The largest absolute Gasteiger partial charge is 0.497 e. The van der Waals surface area contributed by atoms with Gasteiger partial charge in [0.15, 0.2) is 5.76 Å². The summed E-state index contributed by atoms with van der Waals surface area (Å²) >= 11 is 0. The summed E-state index contributed by atoms with van der Waals surface area (Å²) in [4.78, 5) is 13.1. The number of benzene rings is 2. The summed E-state index contributed by atoms with van der Waals surface area (Å²) in [5.74, 6) is 1.08. The molecule has 5 heteroatoms. The molecular formula is C22H22N2O3. The lowest BCUT2D eigenvalue weighted by Crippen LogP contribution is -2.31. The fourth-order valence-corrected chi connectivity index (χ4v) is 3.71.